The van der Waals surface area contributed by atoms with Crippen LogP contribution in [0.4, 0.5) is 4.39 Å². The van der Waals surface area contributed by atoms with Gasteiger partial charge in [-0.05, 0) is 30.7 Å². The van der Waals surface area contributed by atoms with Crippen molar-refractivity contribution >= 4 is 52.3 Å². The second kappa shape index (κ2) is 7.71. The Morgan fingerprint density at radius 3 is 2.36 bits per heavy atom. The van der Waals surface area contributed by atoms with Gasteiger partial charge in [0.1, 0.15) is 5.82 Å². The fourth-order valence-corrected chi connectivity index (χ4v) is 2.00. The molecule has 6 heteroatoms. The molecule has 0 aromatic heterocycles. The van der Waals surface area contributed by atoms with E-state index in [1.165, 1.54) is 12.1 Å². The summed E-state index contributed by atoms with van der Waals surface area (Å²) < 4.78 is 13.4. The molecule has 0 spiro atoms. The highest BCUT2D eigenvalue weighted by Gasteiger charge is 2.06. The smallest absolute Gasteiger partial charge is 0.125 e. The van der Waals surface area contributed by atoms with E-state index in [4.69, 9.17) is 17.3 Å². The minimum absolute atomic E-state index is 0. The van der Waals surface area contributed by atoms with Crippen molar-refractivity contribution in [2.45, 2.75) is 6.42 Å². The molecule has 14 heavy (non-hydrogen) atoms. The maximum atomic E-state index is 12.7. The minimum Gasteiger partial charge on any atom is -0.330 e. The van der Waals surface area contributed by atoms with Crippen LogP contribution in [0.3, 0.4) is 0 Å². The largest absolute Gasteiger partial charge is 0.330 e. The van der Waals surface area contributed by atoms with Gasteiger partial charge in [-0.15, -0.1) is 24.8 Å². The van der Waals surface area contributed by atoms with E-state index in [0.717, 1.165) is 5.56 Å². The molecule has 0 heterocycles. The van der Waals surface area contributed by atoms with Crippen molar-refractivity contribution in [2.75, 3.05) is 6.54 Å². The summed E-state index contributed by atoms with van der Waals surface area (Å²) in [5.41, 5.74) is 6.22. The first-order chi connectivity index (χ1) is 5.65. The first-order valence-corrected chi connectivity index (χ1v) is 4.65. The summed E-state index contributed by atoms with van der Waals surface area (Å²) in [5.74, 6) is -0.340. The van der Waals surface area contributed by atoms with Gasteiger partial charge >= 0.3 is 0 Å². The van der Waals surface area contributed by atoms with E-state index >= 15 is 0 Å². The third-order valence-electron chi connectivity index (χ3n) is 1.50. The molecule has 0 aliphatic rings. The SMILES string of the molecule is Cl.Cl.NCCc1c(Cl)cc(F)cc1Br. The summed E-state index contributed by atoms with van der Waals surface area (Å²) in [6.07, 6.45) is 0.652. The fraction of sp³-hybridized carbons (Fsp3) is 0.250. The molecule has 0 unspecified atom stereocenters. The number of hydrogen-bond acceptors (Lipinski definition) is 1. The minimum atomic E-state index is -0.340. The van der Waals surface area contributed by atoms with Crippen molar-refractivity contribution < 1.29 is 4.39 Å². The van der Waals surface area contributed by atoms with Crippen molar-refractivity contribution in [1.29, 1.82) is 0 Å². The van der Waals surface area contributed by atoms with Gasteiger partial charge in [0, 0.05) is 9.50 Å². The molecule has 1 rings (SSSR count). The van der Waals surface area contributed by atoms with Crippen LogP contribution in [0.5, 0.6) is 0 Å². The Kier molecular flexibility index (Phi) is 9.30. The first kappa shape index (κ1) is 16.9. The van der Waals surface area contributed by atoms with Crippen LogP contribution in [0.15, 0.2) is 16.6 Å². The van der Waals surface area contributed by atoms with Crippen LogP contribution >= 0.6 is 52.3 Å². The van der Waals surface area contributed by atoms with Gasteiger partial charge < -0.3 is 5.73 Å². The molecule has 0 bridgehead atoms. The fourth-order valence-electron chi connectivity index (χ4n) is 0.955. The molecule has 2 N–H and O–H groups in total. The van der Waals surface area contributed by atoms with Gasteiger partial charge in [0.15, 0.2) is 0 Å². The number of nitrogens with two attached hydrogens (primary N) is 1. The van der Waals surface area contributed by atoms with E-state index in [9.17, 15) is 4.39 Å². The van der Waals surface area contributed by atoms with Crippen LogP contribution in [0, 0.1) is 5.82 Å². The van der Waals surface area contributed by atoms with Gasteiger partial charge in [-0.25, -0.2) is 4.39 Å². The van der Waals surface area contributed by atoms with Crippen LogP contribution in [-0.2, 0) is 6.42 Å². The van der Waals surface area contributed by atoms with Crippen molar-refractivity contribution in [3.05, 3.63) is 33.0 Å². The van der Waals surface area contributed by atoms with Gasteiger partial charge in [-0.3, -0.25) is 0 Å². The van der Waals surface area contributed by atoms with Gasteiger partial charge in [0.2, 0.25) is 0 Å². The topological polar surface area (TPSA) is 26.0 Å². The second-order valence-corrected chi connectivity index (χ2v) is 3.65. The predicted molar refractivity (Wildman–Crippen MR) is 66.4 cm³/mol. The highest BCUT2D eigenvalue weighted by molar-refractivity contribution is 9.10. The molecule has 0 saturated carbocycles. The molecule has 1 aromatic rings. The summed E-state index contributed by atoms with van der Waals surface area (Å²) in [7, 11) is 0. The summed E-state index contributed by atoms with van der Waals surface area (Å²) in [5, 5.41) is 0.423. The molecule has 0 amide bonds. The number of benzene rings is 1. The maximum absolute atomic E-state index is 12.7. The standard InChI is InChI=1S/C8H8BrClFN.2ClH/c9-7-3-5(11)4-8(10)6(7)1-2-12;;/h3-4H,1-2,12H2;2*1H. The normalized spacial score (nSPS) is 8.86. The van der Waals surface area contributed by atoms with Crippen molar-refractivity contribution in [1.82, 2.24) is 0 Å². The molecule has 0 aliphatic heterocycles. The average Bonchev–Trinajstić information content (AvgIpc) is 1.96. The Morgan fingerprint density at radius 2 is 1.93 bits per heavy atom. The number of rotatable bonds is 2. The Hall–Kier alpha value is 0.460. The van der Waals surface area contributed by atoms with E-state index in [0.29, 0.717) is 22.5 Å². The summed E-state index contributed by atoms with van der Waals surface area (Å²) in [6.45, 7) is 0.504. The average molecular weight is 325 g/mol. The Balaban J connectivity index is 0. The molecule has 0 radical (unpaired) electrons. The van der Waals surface area contributed by atoms with Crippen molar-refractivity contribution in [3.63, 3.8) is 0 Å². The zero-order valence-corrected chi connectivity index (χ0v) is 11.1. The molecule has 1 aromatic carbocycles. The Bertz CT molecular complexity index is 273. The van der Waals surface area contributed by atoms with Gasteiger partial charge in [0.05, 0.1) is 0 Å². The summed E-state index contributed by atoms with van der Waals surface area (Å²) in [6, 6.07) is 2.67. The lowest BCUT2D eigenvalue weighted by Crippen LogP contribution is -2.04. The highest BCUT2D eigenvalue weighted by atomic mass is 79.9. The number of hydrogen-bond donors (Lipinski definition) is 1. The van der Waals surface area contributed by atoms with Crippen LogP contribution in [0.25, 0.3) is 0 Å². The van der Waals surface area contributed by atoms with Crippen LogP contribution in [0.1, 0.15) is 5.56 Å². The lowest BCUT2D eigenvalue weighted by molar-refractivity contribution is 0.626. The van der Waals surface area contributed by atoms with E-state index in [1.54, 1.807) is 0 Å². The lowest BCUT2D eigenvalue weighted by atomic mass is 10.1. The van der Waals surface area contributed by atoms with Crippen molar-refractivity contribution in [2.24, 2.45) is 5.73 Å². The van der Waals surface area contributed by atoms with Gasteiger partial charge in [-0.1, -0.05) is 27.5 Å². The van der Waals surface area contributed by atoms with Crippen LogP contribution in [0.2, 0.25) is 5.02 Å². The van der Waals surface area contributed by atoms with Crippen LogP contribution < -0.4 is 5.73 Å². The van der Waals surface area contributed by atoms with Crippen LogP contribution in [-0.4, -0.2) is 6.54 Å². The molecule has 0 fully saturated rings. The molecular weight excluding hydrogens is 315 g/mol. The monoisotopic (exact) mass is 323 g/mol. The van der Waals surface area contributed by atoms with E-state index in [-0.39, 0.29) is 30.6 Å². The molecular formula is C8H10BrCl3FN. The second-order valence-electron chi connectivity index (χ2n) is 2.39. The number of halogens is 5. The molecule has 1 nitrogen and oxygen atoms in total. The highest BCUT2D eigenvalue weighted by Crippen LogP contribution is 2.26. The lowest BCUT2D eigenvalue weighted by Gasteiger charge is -2.05. The Labute approximate surface area is 108 Å². The third-order valence-corrected chi connectivity index (χ3v) is 2.54. The molecule has 0 saturated heterocycles. The first-order valence-electron chi connectivity index (χ1n) is 3.48. The molecule has 0 aliphatic carbocycles. The maximum Gasteiger partial charge on any atom is 0.125 e. The zero-order valence-electron chi connectivity index (χ0n) is 7.10. The van der Waals surface area contributed by atoms with E-state index in [2.05, 4.69) is 15.9 Å². The summed E-state index contributed by atoms with van der Waals surface area (Å²) >= 11 is 9.01. The summed E-state index contributed by atoms with van der Waals surface area (Å²) in [4.78, 5) is 0. The molecule has 82 valence electrons. The zero-order chi connectivity index (χ0) is 9.14. The van der Waals surface area contributed by atoms with Gasteiger partial charge in [-0.2, -0.15) is 0 Å². The quantitative estimate of drug-likeness (QED) is 0.883. The Morgan fingerprint density at radius 1 is 1.36 bits per heavy atom. The van der Waals surface area contributed by atoms with E-state index in [1.807, 2.05) is 0 Å². The molecule has 0 atom stereocenters. The van der Waals surface area contributed by atoms with E-state index < -0.39 is 0 Å². The predicted octanol–water partition coefficient (Wildman–Crippen LogP) is 3.59. The van der Waals surface area contributed by atoms with Gasteiger partial charge in [0.25, 0.3) is 0 Å². The third kappa shape index (κ3) is 4.32. The van der Waals surface area contributed by atoms with Crippen molar-refractivity contribution in [3.8, 4) is 0 Å².